The molecule has 1 aromatic heterocycles. The van der Waals surface area contributed by atoms with Crippen LogP contribution in [0, 0.1) is 5.92 Å². The fourth-order valence-electron chi connectivity index (χ4n) is 3.51. The molecule has 0 aromatic carbocycles. The van der Waals surface area contributed by atoms with Crippen molar-refractivity contribution in [3.63, 3.8) is 0 Å². The number of hydrogen-bond acceptors (Lipinski definition) is 3. The van der Waals surface area contributed by atoms with E-state index >= 15 is 0 Å². The maximum Gasteiger partial charge on any atom is 0.250 e. The summed E-state index contributed by atoms with van der Waals surface area (Å²) in [6, 6.07) is 5.47. The van der Waals surface area contributed by atoms with Crippen LogP contribution >= 0.6 is 0 Å². The lowest BCUT2D eigenvalue weighted by Crippen LogP contribution is -2.49. The third-order valence-electron chi connectivity index (χ3n) is 4.43. The fourth-order valence-corrected chi connectivity index (χ4v) is 3.51. The molecular weight excluding hydrogens is 254 g/mol. The topological polar surface area (TPSA) is 68.3 Å². The highest BCUT2D eigenvalue weighted by molar-refractivity contribution is 5.76. The summed E-state index contributed by atoms with van der Waals surface area (Å²) in [5.41, 5.74) is 6.64. The number of piperidine rings is 1. The smallest absolute Gasteiger partial charge is 0.250 e. The Kier molecular flexibility index (Phi) is 3.61. The number of aromatic nitrogens is 1. The minimum absolute atomic E-state index is 0.0834. The van der Waals surface area contributed by atoms with Crippen LogP contribution in [-0.2, 0) is 11.3 Å². The molecule has 2 bridgehead atoms. The van der Waals surface area contributed by atoms with Crippen molar-refractivity contribution in [2.24, 2.45) is 11.7 Å². The molecule has 2 aliphatic rings. The highest BCUT2D eigenvalue weighted by Crippen LogP contribution is 2.35. The molecule has 2 N–H and O–H groups in total. The van der Waals surface area contributed by atoms with Gasteiger partial charge in [-0.2, -0.15) is 0 Å². The largest absolute Gasteiger partial charge is 0.342 e. The monoisotopic (exact) mass is 275 g/mol. The van der Waals surface area contributed by atoms with Crippen molar-refractivity contribution in [2.45, 2.75) is 31.7 Å². The lowest BCUT2D eigenvalue weighted by molar-refractivity contribution is -0.134. The summed E-state index contributed by atoms with van der Waals surface area (Å²) in [6.45, 7) is 2.82. The zero-order valence-electron chi connectivity index (χ0n) is 11.6. The normalized spacial score (nSPS) is 24.4. The molecule has 2 atom stereocenters. The second kappa shape index (κ2) is 5.40. The highest BCUT2D eigenvalue weighted by Gasteiger charge is 2.35. The summed E-state index contributed by atoms with van der Waals surface area (Å²) in [5, 5.41) is 0. The van der Waals surface area contributed by atoms with Gasteiger partial charge in [0.25, 0.3) is 5.56 Å². The van der Waals surface area contributed by atoms with Crippen LogP contribution in [-0.4, -0.2) is 35.0 Å². The second-order valence-electron chi connectivity index (χ2n) is 5.89. The number of carbonyl (C=O) groups excluding carboxylic acids is 1. The number of rotatable bonds is 3. The van der Waals surface area contributed by atoms with Crippen molar-refractivity contribution >= 4 is 5.91 Å². The second-order valence-corrected chi connectivity index (χ2v) is 5.89. The summed E-state index contributed by atoms with van der Waals surface area (Å²) in [4.78, 5) is 26.1. The van der Waals surface area contributed by atoms with Crippen molar-refractivity contribution in [3.8, 4) is 0 Å². The molecule has 0 aliphatic carbocycles. The van der Waals surface area contributed by atoms with Gasteiger partial charge in [0.05, 0.1) is 0 Å². The summed E-state index contributed by atoms with van der Waals surface area (Å²) in [7, 11) is 0. The molecule has 3 rings (SSSR count). The van der Waals surface area contributed by atoms with E-state index in [0.717, 1.165) is 38.2 Å². The van der Waals surface area contributed by atoms with Gasteiger partial charge < -0.3 is 15.2 Å². The van der Waals surface area contributed by atoms with Crippen molar-refractivity contribution in [1.29, 1.82) is 0 Å². The maximum atomic E-state index is 12.2. The summed E-state index contributed by atoms with van der Waals surface area (Å²) >= 11 is 0. The molecule has 0 saturated carbocycles. The summed E-state index contributed by atoms with van der Waals surface area (Å²) in [5.74, 6) is 0.915. The van der Waals surface area contributed by atoms with E-state index in [1.165, 1.54) is 0 Å². The first kappa shape index (κ1) is 13.4. The molecule has 108 valence electrons. The molecule has 0 spiro atoms. The average molecular weight is 275 g/mol. The molecule has 20 heavy (non-hydrogen) atoms. The van der Waals surface area contributed by atoms with E-state index in [9.17, 15) is 9.59 Å². The number of nitrogens with zero attached hydrogens (tertiary/aromatic N) is 2. The Hall–Kier alpha value is -1.62. The van der Waals surface area contributed by atoms with E-state index in [4.69, 9.17) is 5.73 Å². The van der Waals surface area contributed by atoms with Gasteiger partial charge >= 0.3 is 0 Å². The molecule has 5 nitrogen and oxygen atoms in total. The number of fused-ring (bicyclic) bond motifs is 4. The molecule has 0 radical (unpaired) electrons. The summed E-state index contributed by atoms with van der Waals surface area (Å²) < 4.78 is 1.89. The van der Waals surface area contributed by atoms with Crippen molar-refractivity contribution in [2.75, 3.05) is 19.6 Å². The SMILES string of the molecule is NCCCC(=O)N1C[C@@H]2C[C@@H](C1)c1cccc(=O)n1C2. The predicted octanol–water partition coefficient (Wildman–Crippen LogP) is 0.533. The molecule has 1 fully saturated rings. The lowest BCUT2D eigenvalue weighted by Gasteiger charge is -2.42. The Bertz CT molecular complexity index is 566. The third kappa shape index (κ3) is 2.38. The van der Waals surface area contributed by atoms with Crippen LogP contribution in [0.1, 0.15) is 30.9 Å². The first-order chi connectivity index (χ1) is 9.69. The molecule has 1 amide bonds. The Morgan fingerprint density at radius 3 is 2.95 bits per heavy atom. The van der Waals surface area contributed by atoms with Gasteiger partial charge in [-0.15, -0.1) is 0 Å². The van der Waals surface area contributed by atoms with Crippen LogP contribution in [0.2, 0.25) is 0 Å². The zero-order chi connectivity index (χ0) is 14.1. The Morgan fingerprint density at radius 2 is 2.15 bits per heavy atom. The lowest BCUT2D eigenvalue weighted by atomic mass is 9.83. The van der Waals surface area contributed by atoms with Crippen LogP contribution in [0.15, 0.2) is 23.0 Å². The van der Waals surface area contributed by atoms with E-state index in [-0.39, 0.29) is 11.5 Å². The van der Waals surface area contributed by atoms with Crippen molar-refractivity contribution in [3.05, 3.63) is 34.2 Å². The van der Waals surface area contributed by atoms with E-state index < -0.39 is 0 Å². The maximum absolute atomic E-state index is 12.2. The van der Waals surface area contributed by atoms with Gasteiger partial charge in [0.1, 0.15) is 0 Å². The van der Waals surface area contributed by atoms with Crippen molar-refractivity contribution in [1.82, 2.24) is 9.47 Å². The number of likely N-dealkylation sites (tertiary alicyclic amines) is 1. The van der Waals surface area contributed by atoms with Gasteiger partial charge in [0.2, 0.25) is 5.91 Å². The zero-order valence-corrected chi connectivity index (χ0v) is 11.6. The van der Waals surface area contributed by atoms with E-state index in [0.29, 0.717) is 24.8 Å². The van der Waals surface area contributed by atoms with E-state index in [2.05, 4.69) is 0 Å². The molecule has 2 aliphatic heterocycles. The van der Waals surface area contributed by atoms with Gasteiger partial charge in [-0.3, -0.25) is 9.59 Å². The number of pyridine rings is 1. The standard InChI is InChI=1S/C15H21N3O2/c16-6-2-5-14(19)17-8-11-7-12(10-17)13-3-1-4-15(20)18(13)9-11/h1,3-4,11-12H,2,5-10,16H2/t11-,12-/m0/s1. The first-order valence-electron chi connectivity index (χ1n) is 7.36. The highest BCUT2D eigenvalue weighted by atomic mass is 16.2. The van der Waals surface area contributed by atoms with Crippen LogP contribution in [0.25, 0.3) is 0 Å². The molecule has 0 unspecified atom stereocenters. The van der Waals surface area contributed by atoms with Gasteiger partial charge in [-0.1, -0.05) is 6.07 Å². The van der Waals surface area contributed by atoms with Gasteiger partial charge in [-0.25, -0.2) is 0 Å². The minimum atomic E-state index is 0.0834. The molecular formula is C15H21N3O2. The summed E-state index contributed by atoms with van der Waals surface area (Å²) in [6.07, 6.45) is 2.38. The molecule has 1 saturated heterocycles. The number of amides is 1. The number of hydrogen-bond donors (Lipinski definition) is 1. The molecule has 1 aromatic rings. The Morgan fingerprint density at radius 1 is 1.30 bits per heavy atom. The Labute approximate surface area is 118 Å². The molecule has 3 heterocycles. The van der Waals surface area contributed by atoms with E-state index in [1.54, 1.807) is 6.07 Å². The first-order valence-corrected chi connectivity index (χ1v) is 7.36. The third-order valence-corrected chi connectivity index (χ3v) is 4.43. The average Bonchev–Trinajstić information content (AvgIpc) is 2.46. The minimum Gasteiger partial charge on any atom is -0.342 e. The molecule has 5 heteroatoms. The number of carbonyl (C=O) groups is 1. The quantitative estimate of drug-likeness (QED) is 0.875. The van der Waals surface area contributed by atoms with Crippen LogP contribution < -0.4 is 11.3 Å². The van der Waals surface area contributed by atoms with Gasteiger partial charge in [0, 0.05) is 43.7 Å². The Balaban J connectivity index is 1.80. The van der Waals surface area contributed by atoms with Crippen LogP contribution in [0.4, 0.5) is 0 Å². The van der Waals surface area contributed by atoms with Crippen LogP contribution in [0.5, 0.6) is 0 Å². The van der Waals surface area contributed by atoms with Crippen LogP contribution in [0.3, 0.4) is 0 Å². The van der Waals surface area contributed by atoms with Gasteiger partial charge in [-0.05, 0) is 31.4 Å². The van der Waals surface area contributed by atoms with Gasteiger partial charge in [0.15, 0.2) is 0 Å². The van der Waals surface area contributed by atoms with Crippen molar-refractivity contribution < 1.29 is 4.79 Å². The fraction of sp³-hybridized carbons (Fsp3) is 0.600. The van der Waals surface area contributed by atoms with E-state index in [1.807, 2.05) is 21.6 Å². The number of nitrogens with two attached hydrogens (primary N) is 1. The predicted molar refractivity (Wildman–Crippen MR) is 76.4 cm³/mol.